The second-order valence-electron chi connectivity index (χ2n) is 4.63. The number of nitrogens with zero attached hydrogens (tertiary/aromatic N) is 1. The Labute approximate surface area is 126 Å². The molecular weight excluding hydrogens is 297 g/mol. The van der Waals surface area contributed by atoms with Crippen molar-refractivity contribution < 1.29 is 28.4 Å². The summed E-state index contributed by atoms with van der Waals surface area (Å²) in [4.78, 5) is 34.3. The van der Waals surface area contributed by atoms with Crippen molar-refractivity contribution >= 4 is 11.9 Å². The van der Waals surface area contributed by atoms with Gasteiger partial charge >= 0.3 is 11.9 Å². The summed E-state index contributed by atoms with van der Waals surface area (Å²) in [6, 6.07) is 3.49. The maximum atomic E-state index is 13.0. The molecule has 0 saturated heterocycles. The number of carbonyl (C=O) groups excluding carboxylic acids is 2. The molecule has 0 spiro atoms. The molecule has 2 unspecified atom stereocenters. The zero-order valence-corrected chi connectivity index (χ0v) is 12.3. The highest BCUT2D eigenvalue weighted by Gasteiger charge is 2.45. The summed E-state index contributed by atoms with van der Waals surface area (Å²) in [6.07, 6.45) is 0. The van der Waals surface area contributed by atoms with Crippen LogP contribution in [0.25, 0.3) is 0 Å². The second-order valence-corrected chi connectivity index (χ2v) is 4.63. The number of halogens is 1. The molecule has 0 aliphatic rings. The standard InChI is InChI=1S/C14H16FNO6/c1-8(16(19)20)11(9-4-6-10(15)7-5-9)12(13(17)21-2)14(18)22-3/h4-8,11-12H,1-3H3. The van der Waals surface area contributed by atoms with E-state index < -0.39 is 40.6 Å². The number of rotatable bonds is 6. The van der Waals surface area contributed by atoms with Crippen molar-refractivity contribution in [3.05, 3.63) is 45.8 Å². The molecule has 0 heterocycles. The van der Waals surface area contributed by atoms with Gasteiger partial charge in [-0.25, -0.2) is 4.39 Å². The molecule has 1 rings (SSSR count). The number of hydrogen-bond donors (Lipinski definition) is 0. The maximum Gasteiger partial charge on any atom is 0.320 e. The van der Waals surface area contributed by atoms with E-state index in [9.17, 15) is 24.1 Å². The van der Waals surface area contributed by atoms with Crippen LogP contribution < -0.4 is 0 Å². The van der Waals surface area contributed by atoms with Crippen LogP contribution in [0, 0.1) is 21.8 Å². The van der Waals surface area contributed by atoms with Crippen molar-refractivity contribution in [1.82, 2.24) is 0 Å². The third-order valence-electron chi connectivity index (χ3n) is 3.38. The number of ether oxygens (including phenoxy) is 2. The predicted molar refractivity (Wildman–Crippen MR) is 73.1 cm³/mol. The van der Waals surface area contributed by atoms with Crippen molar-refractivity contribution in [1.29, 1.82) is 0 Å². The minimum absolute atomic E-state index is 0.270. The first-order valence-corrected chi connectivity index (χ1v) is 6.38. The zero-order valence-electron chi connectivity index (χ0n) is 12.3. The molecule has 0 bridgehead atoms. The van der Waals surface area contributed by atoms with Crippen molar-refractivity contribution in [3.8, 4) is 0 Å². The molecular formula is C14H16FNO6. The molecule has 0 N–H and O–H groups in total. The SMILES string of the molecule is COC(=O)C(C(=O)OC)C(c1ccc(F)cc1)C(C)[N+](=O)[O-]. The van der Waals surface area contributed by atoms with E-state index >= 15 is 0 Å². The summed E-state index contributed by atoms with van der Waals surface area (Å²) < 4.78 is 22.2. The molecule has 22 heavy (non-hydrogen) atoms. The lowest BCUT2D eigenvalue weighted by atomic mass is 9.81. The van der Waals surface area contributed by atoms with Crippen LogP contribution in [0.1, 0.15) is 18.4 Å². The summed E-state index contributed by atoms with van der Waals surface area (Å²) in [5.74, 6) is -5.09. The minimum Gasteiger partial charge on any atom is -0.468 e. The predicted octanol–water partition coefficient (Wildman–Crippen LogP) is 1.54. The van der Waals surface area contributed by atoms with E-state index in [0.717, 1.165) is 26.4 Å². The fourth-order valence-electron chi connectivity index (χ4n) is 2.21. The van der Waals surface area contributed by atoms with E-state index in [0.29, 0.717) is 0 Å². The highest BCUT2D eigenvalue weighted by Crippen LogP contribution is 2.32. The lowest BCUT2D eigenvalue weighted by Crippen LogP contribution is -2.39. The molecule has 1 aromatic rings. The fraction of sp³-hybridized carbons (Fsp3) is 0.429. The summed E-state index contributed by atoms with van der Waals surface area (Å²) in [5.41, 5.74) is 0.270. The lowest BCUT2D eigenvalue weighted by Gasteiger charge is -2.24. The average Bonchev–Trinajstić information content (AvgIpc) is 2.51. The van der Waals surface area contributed by atoms with Gasteiger partial charge in [0.1, 0.15) is 5.82 Å². The van der Waals surface area contributed by atoms with Gasteiger partial charge in [-0.3, -0.25) is 19.7 Å². The molecule has 0 fully saturated rings. The van der Waals surface area contributed by atoms with E-state index in [1.165, 1.54) is 19.1 Å². The maximum absolute atomic E-state index is 13.0. The Morgan fingerprint density at radius 2 is 1.59 bits per heavy atom. The molecule has 8 heteroatoms. The normalized spacial score (nSPS) is 13.3. The zero-order chi connectivity index (χ0) is 16.9. The van der Waals surface area contributed by atoms with Gasteiger partial charge < -0.3 is 9.47 Å². The van der Waals surface area contributed by atoms with Crippen LogP contribution in [0.4, 0.5) is 4.39 Å². The Kier molecular flexibility index (Phi) is 5.97. The topological polar surface area (TPSA) is 95.7 Å². The molecule has 2 atom stereocenters. The lowest BCUT2D eigenvalue weighted by molar-refractivity contribution is -0.523. The van der Waals surface area contributed by atoms with Crippen molar-refractivity contribution in [2.24, 2.45) is 5.92 Å². The molecule has 0 aliphatic heterocycles. The smallest absolute Gasteiger partial charge is 0.320 e. The molecule has 0 radical (unpaired) electrons. The van der Waals surface area contributed by atoms with E-state index in [1.54, 1.807) is 0 Å². The van der Waals surface area contributed by atoms with Gasteiger partial charge in [-0.2, -0.15) is 0 Å². The summed E-state index contributed by atoms with van der Waals surface area (Å²) >= 11 is 0. The van der Waals surface area contributed by atoms with Gasteiger partial charge in [0.25, 0.3) is 0 Å². The third-order valence-corrected chi connectivity index (χ3v) is 3.38. The third kappa shape index (κ3) is 3.78. The largest absolute Gasteiger partial charge is 0.468 e. The average molecular weight is 313 g/mol. The van der Waals surface area contributed by atoms with Gasteiger partial charge in [-0.05, 0) is 17.7 Å². The molecule has 7 nitrogen and oxygen atoms in total. The molecule has 120 valence electrons. The number of methoxy groups -OCH3 is 2. The van der Waals surface area contributed by atoms with Crippen LogP contribution in [0.15, 0.2) is 24.3 Å². The summed E-state index contributed by atoms with van der Waals surface area (Å²) in [7, 11) is 2.13. The number of nitro groups is 1. The van der Waals surface area contributed by atoms with Crippen LogP contribution in [-0.2, 0) is 19.1 Å². The number of carbonyl (C=O) groups is 2. The van der Waals surface area contributed by atoms with Gasteiger partial charge in [0, 0.05) is 11.8 Å². The Hall–Kier alpha value is -2.51. The minimum atomic E-state index is -1.51. The van der Waals surface area contributed by atoms with Gasteiger partial charge in [0.2, 0.25) is 6.04 Å². The summed E-state index contributed by atoms with van der Waals surface area (Å²) in [5, 5.41) is 11.1. The van der Waals surface area contributed by atoms with E-state index in [4.69, 9.17) is 0 Å². The van der Waals surface area contributed by atoms with Crippen molar-refractivity contribution in [2.45, 2.75) is 18.9 Å². The van der Waals surface area contributed by atoms with Crippen LogP contribution in [0.2, 0.25) is 0 Å². The van der Waals surface area contributed by atoms with Crippen LogP contribution in [0.5, 0.6) is 0 Å². The molecule has 0 aliphatic carbocycles. The highest BCUT2D eigenvalue weighted by molar-refractivity contribution is 5.96. The van der Waals surface area contributed by atoms with Crippen LogP contribution in [-0.4, -0.2) is 37.1 Å². The Bertz CT molecular complexity index is 543. The van der Waals surface area contributed by atoms with Crippen LogP contribution in [0.3, 0.4) is 0 Å². The van der Waals surface area contributed by atoms with Gasteiger partial charge in [0.15, 0.2) is 5.92 Å². The fourth-order valence-corrected chi connectivity index (χ4v) is 2.21. The Morgan fingerprint density at radius 3 is 1.95 bits per heavy atom. The van der Waals surface area contributed by atoms with Gasteiger partial charge in [-0.1, -0.05) is 12.1 Å². The quantitative estimate of drug-likeness (QED) is 0.342. The number of esters is 2. The molecule has 0 aromatic heterocycles. The Balaban J connectivity index is 3.39. The number of benzene rings is 1. The molecule has 0 saturated carbocycles. The van der Waals surface area contributed by atoms with Crippen molar-refractivity contribution in [3.63, 3.8) is 0 Å². The van der Waals surface area contributed by atoms with Crippen LogP contribution >= 0.6 is 0 Å². The first-order chi connectivity index (χ1) is 10.3. The second kappa shape index (κ2) is 7.48. The monoisotopic (exact) mass is 313 g/mol. The van der Waals surface area contributed by atoms with Gasteiger partial charge in [-0.15, -0.1) is 0 Å². The Morgan fingerprint density at radius 1 is 1.14 bits per heavy atom. The molecule has 0 amide bonds. The highest BCUT2D eigenvalue weighted by atomic mass is 19.1. The first kappa shape index (κ1) is 17.5. The van der Waals surface area contributed by atoms with Gasteiger partial charge in [0.05, 0.1) is 20.1 Å². The first-order valence-electron chi connectivity index (χ1n) is 6.38. The molecule has 1 aromatic carbocycles. The van der Waals surface area contributed by atoms with E-state index in [1.807, 2.05) is 0 Å². The van der Waals surface area contributed by atoms with E-state index in [2.05, 4.69) is 9.47 Å². The number of hydrogen-bond acceptors (Lipinski definition) is 6. The van der Waals surface area contributed by atoms with E-state index in [-0.39, 0.29) is 5.56 Å². The summed E-state index contributed by atoms with van der Waals surface area (Å²) in [6.45, 7) is 1.26. The van der Waals surface area contributed by atoms with Crippen molar-refractivity contribution in [2.75, 3.05) is 14.2 Å².